The van der Waals surface area contributed by atoms with E-state index in [1.165, 1.54) is 12.1 Å². The molecule has 0 aliphatic heterocycles. The van der Waals surface area contributed by atoms with Gasteiger partial charge in [-0.05, 0) is 12.1 Å². The van der Waals surface area contributed by atoms with Crippen LogP contribution >= 0.6 is 15.9 Å². The zero-order valence-electron chi connectivity index (χ0n) is 8.18. The molecule has 0 saturated carbocycles. The van der Waals surface area contributed by atoms with E-state index in [9.17, 15) is 9.18 Å². The number of hydrogen-bond acceptors (Lipinski definition) is 4. The second-order valence-electron chi connectivity index (χ2n) is 3.01. The van der Waals surface area contributed by atoms with Crippen molar-refractivity contribution in [2.75, 3.05) is 0 Å². The minimum Gasteiger partial charge on any atom is -0.476 e. The van der Waals surface area contributed by atoms with Crippen LogP contribution < -0.4 is 4.74 Å². The molecule has 1 aromatic carbocycles. The lowest BCUT2D eigenvalue weighted by Crippen LogP contribution is -1.95. The number of carboxylic acid groups (broad SMARTS) is 1. The highest BCUT2D eigenvalue weighted by molar-refractivity contribution is 9.10. The Morgan fingerprint density at radius 2 is 2.24 bits per heavy atom. The number of benzene rings is 1. The third-order valence-corrected chi connectivity index (χ3v) is 2.20. The van der Waals surface area contributed by atoms with Crippen LogP contribution in [-0.2, 0) is 0 Å². The number of halogens is 2. The number of oxazole rings is 1. The summed E-state index contributed by atoms with van der Waals surface area (Å²) in [6, 6.07) is 3.87. The van der Waals surface area contributed by atoms with Gasteiger partial charge < -0.3 is 14.3 Å². The molecule has 2 aromatic rings. The Bertz CT molecular complexity index is 549. The van der Waals surface area contributed by atoms with E-state index in [-0.39, 0.29) is 17.5 Å². The molecule has 5 nitrogen and oxygen atoms in total. The molecule has 1 heterocycles. The summed E-state index contributed by atoms with van der Waals surface area (Å²) >= 11 is 3.09. The monoisotopic (exact) mass is 301 g/mol. The summed E-state index contributed by atoms with van der Waals surface area (Å²) in [6.07, 6.45) is 0.673. The molecular weight excluding hydrogens is 297 g/mol. The predicted octanol–water partition coefficient (Wildman–Crippen LogP) is 3.07. The normalized spacial score (nSPS) is 10.2. The van der Waals surface area contributed by atoms with Crippen molar-refractivity contribution in [3.8, 4) is 11.8 Å². The number of rotatable bonds is 3. The van der Waals surface area contributed by atoms with Gasteiger partial charge in [-0.2, -0.15) is 4.98 Å². The molecule has 0 atom stereocenters. The number of carboxylic acids is 1. The van der Waals surface area contributed by atoms with Gasteiger partial charge in [0.2, 0.25) is 0 Å². The van der Waals surface area contributed by atoms with Gasteiger partial charge in [-0.15, -0.1) is 0 Å². The molecule has 2 rings (SSSR count). The molecular formula is C10H5BrFNO4. The van der Waals surface area contributed by atoms with Crippen molar-refractivity contribution in [2.45, 2.75) is 0 Å². The molecule has 0 saturated heterocycles. The van der Waals surface area contributed by atoms with Crippen LogP contribution in [0.1, 0.15) is 10.5 Å². The average Bonchev–Trinajstić information content (AvgIpc) is 2.64. The van der Waals surface area contributed by atoms with Crippen molar-refractivity contribution in [1.29, 1.82) is 0 Å². The molecule has 1 N–H and O–H groups in total. The molecule has 0 fully saturated rings. The quantitative estimate of drug-likeness (QED) is 0.943. The second-order valence-corrected chi connectivity index (χ2v) is 3.93. The first-order valence-corrected chi connectivity index (χ1v) is 5.16. The van der Waals surface area contributed by atoms with Gasteiger partial charge in [-0.3, -0.25) is 0 Å². The fourth-order valence-corrected chi connectivity index (χ4v) is 1.53. The van der Waals surface area contributed by atoms with E-state index >= 15 is 0 Å². The summed E-state index contributed by atoms with van der Waals surface area (Å²) < 4.78 is 23.3. The van der Waals surface area contributed by atoms with Crippen LogP contribution in [0.25, 0.3) is 0 Å². The number of aromatic carboxylic acids is 1. The van der Waals surface area contributed by atoms with Gasteiger partial charge in [0.1, 0.15) is 17.8 Å². The van der Waals surface area contributed by atoms with Gasteiger partial charge in [-0.1, -0.05) is 15.9 Å². The SMILES string of the molecule is O=C(O)c1coc(Oc2cc(F)cc(Br)c2)n1. The highest BCUT2D eigenvalue weighted by atomic mass is 79.9. The summed E-state index contributed by atoms with van der Waals surface area (Å²) in [7, 11) is 0. The summed E-state index contributed by atoms with van der Waals surface area (Å²) in [5, 5.41) is 8.61. The minimum absolute atomic E-state index is 0.149. The van der Waals surface area contributed by atoms with Crippen LogP contribution in [-0.4, -0.2) is 16.1 Å². The van der Waals surface area contributed by atoms with Gasteiger partial charge in [0.15, 0.2) is 5.69 Å². The van der Waals surface area contributed by atoms with Crippen LogP contribution in [0, 0.1) is 5.82 Å². The largest absolute Gasteiger partial charge is 0.476 e. The Morgan fingerprint density at radius 3 is 2.82 bits per heavy atom. The molecule has 17 heavy (non-hydrogen) atoms. The molecule has 0 unspecified atom stereocenters. The fourth-order valence-electron chi connectivity index (χ4n) is 1.09. The fraction of sp³-hybridized carbons (Fsp3) is 0. The van der Waals surface area contributed by atoms with E-state index in [1.807, 2.05) is 0 Å². The molecule has 0 radical (unpaired) electrons. The summed E-state index contributed by atoms with van der Waals surface area (Å²) in [5.74, 6) is -1.58. The summed E-state index contributed by atoms with van der Waals surface area (Å²) in [4.78, 5) is 14.1. The van der Waals surface area contributed by atoms with Gasteiger partial charge in [0.25, 0.3) is 0 Å². The zero-order chi connectivity index (χ0) is 12.4. The minimum atomic E-state index is -1.23. The van der Waals surface area contributed by atoms with Crippen LogP contribution in [0.5, 0.6) is 11.8 Å². The molecule has 0 aliphatic rings. The number of nitrogens with zero attached hydrogens (tertiary/aromatic N) is 1. The van der Waals surface area contributed by atoms with E-state index in [2.05, 4.69) is 20.9 Å². The Hall–Kier alpha value is -1.89. The van der Waals surface area contributed by atoms with Crippen molar-refractivity contribution < 1.29 is 23.4 Å². The first kappa shape index (κ1) is 11.6. The topological polar surface area (TPSA) is 72.6 Å². The molecule has 0 amide bonds. The Kier molecular flexibility index (Phi) is 3.10. The molecule has 0 spiro atoms. The van der Waals surface area contributed by atoms with Gasteiger partial charge >= 0.3 is 12.0 Å². The molecule has 1 aromatic heterocycles. The van der Waals surface area contributed by atoms with Crippen molar-refractivity contribution in [3.05, 3.63) is 40.4 Å². The van der Waals surface area contributed by atoms with Crippen LogP contribution in [0.3, 0.4) is 0 Å². The predicted molar refractivity (Wildman–Crippen MR) is 57.6 cm³/mol. The van der Waals surface area contributed by atoms with Crippen molar-refractivity contribution in [2.24, 2.45) is 0 Å². The average molecular weight is 302 g/mol. The van der Waals surface area contributed by atoms with Crippen molar-refractivity contribution >= 4 is 21.9 Å². The van der Waals surface area contributed by atoms with Crippen LogP contribution in [0.15, 0.2) is 33.4 Å². The van der Waals surface area contributed by atoms with Crippen LogP contribution in [0.2, 0.25) is 0 Å². The highest BCUT2D eigenvalue weighted by Crippen LogP contribution is 2.25. The third-order valence-electron chi connectivity index (χ3n) is 1.74. The lowest BCUT2D eigenvalue weighted by atomic mass is 10.3. The van der Waals surface area contributed by atoms with E-state index in [1.54, 1.807) is 0 Å². The maximum absolute atomic E-state index is 13.0. The maximum Gasteiger partial charge on any atom is 0.399 e. The second kappa shape index (κ2) is 4.54. The molecule has 88 valence electrons. The van der Waals surface area contributed by atoms with Gasteiger partial charge in [0.05, 0.1) is 0 Å². The first-order valence-electron chi connectivity index (χ1n) is 4.37. The van der Waals surface area contributed by atoms with E-state index in [0.717, 1.165) is 12.3 Å². The Balaban J connectivity index is 2.22. The van der Waals surface area contributed by atoms with Gasteiger partial charge in [0, 0.05) is 10.5 Å². The van der Waals surface area contributed by atoms with E-state index in [4.69, 9.17) is 14.3 Å². The summed E-state index contributed by atoms with van der Waals surface area (Å²) in [6.45, 7) is 0. The van der Waals surface area contributed by atoms with Crippen LogP contribution in [0.4, 0.5) is 4.39 Å². The van der Waals surface area contributed by atoms with Crippen molar-refractivity contribution in [1.82, 2.24) is 4.98 Å². The highest BCUT2D eigenvalue weighted by Gasteiger charge is 2.12. The Labute approximate surface area is 103 Å². The lowest BCUT2D eigenvalue weighted by molar-refractivity contribution is 0.0690. The number of carbonyl (C=O) groups is 1. The van der Waals surface area contributed by atoms with E-state index in [0.29, 0.717) is 4.47 Å². The third kappa shape index (κ3) is 2.82. The van der Waals surface area contributed by atoms with E-state index < -0.39 is 11.8 Å². The standard InChI is InChI=1S/C10H5BrFNO4/c11-5-1-6(12)3-7(2-5)17-10-13-8(4-16-10)9(14)15/h1-4H,(H,14,15). The Morgan fingerprint density at radius 1 is 1.47 bits per heavy atom. The van der Waals surface area contributed by atoms with Crippen molar-refractivity contribution in [3.63, 3.8) is 0 Å². The number of ether oxygens (including phenoxy) is 1. The maximum atomic E-state index is 13.0. The smallest absolute Gasteiger partial charge is 0.399 e. The summed E-state index contributed by atoms with van der Waals surface area (Å²) in [5.41, 5.74) is -0.282. The zero-order valence-corrected chi connectivity index (χ0v) is 9.77. The molecule has 7 heteroatoms. The number of hydrogen-bond donors (Lipinski definition) is 1. The molecule has 0 bridgehead atoms. The molecule has 0 aliphatic carbocycles. The van der Waals surface area contributed by atoms with Gasteiger partial charge in [-0.25, -0.2) is 9.18 Å². The lowest BCUT2D eigenvalue weighted by Gasteiger charge is -2.01. The first-order chi connectivity index (χ1) is 8.04. The number of aromatic nitrogens is 1.